The van der Waals surface area contributed by atoms with Crippen molar-refractivity contribution in [3.8, 4) is 5.69 Å². The molecule has 0 aliphatic rings. The molecule has 0 atom stereocenters. The lowest BCUT2D eigenvalue weighted by Crippen LogP contribution is -1.99. The number of carbonyl (C=O) groups excluding carboxylic acids is 1. The number of aryl methyl sites for hydroxylation is 1. The molecule has 0 amide bonds. The summed E-state index contributed by atoms with van der Waals surface area (Å²) in [6.45, 7) is 1.82. The highest BCUT2D eigenvalue weighted by Gasteiger charge is 2.06. The summed E-state index contributed by atoms with van der Waals surface area (Å²) in [4.78, 5) is 10.8. The second-order valence-electron chi connectivity index (χ2n) is 3.18. The SMILES string of the molecule is Cc1nn(-c2ccccc2C=O)cc1Cl. The normalized spacial score (nSPS) is 10.3. The van der Waals surface area contributed by atoms with Gasteiger partial charge in [0.2, 0.25) is 0 Å². The van der Waals surface area contributed by atoms with E-state index in [9.17, 15) is 4.79 Å². The quantitative estimate of drug-likeness (QED) is 0.730. The monoisotopic (exact) mass is 220 g/mol. The minimum Gasteiger partial charge on any atom is -0.298 e. The molecule has 0 fully saturated rings. The zero-order valence-corrected chi connectivity index (χ0v) is 8.90. The number of hydrogen-bond acceptors (Lipinski definition) is 2. The zero-order chi connectivity index (χ0) is 10.8. The van der Waals surface area contributed by atoms with Crippen LogP contribution in [0.2, 0.25) is 5.02 Å². The van der Waals surface area contributed by atoms with Crippen LogP contribution in [0.25, 0.3) is 5.69 Å². The number of hydrogen-bond donors (Lipinski definition) is 0. The lowest BCUT2D eigenvalue weighted by molar-refractivity contribution is 0.112. The highest BCUT2D eigenvalue weighted by molar-refractivity contribution is 6.31. The molecule has 0 unspecified atom stereocenters. The molecule has 0 aliphatic carbocycles. The first-order valence-electron chi connectivity index (χ1n) is 4.48. The Balaban J connectivity index is 2.58. The molecule has 0 bridgehead atoms. The predicted molar refractivity (Wildman–Crippen MR) is 58.7 cm³/mol. The molecule has 1 aromatic carbocycles. The lowest BCUT2D eigenvalue weighted by Gasteiger charge is -2.03. The van der Waals surface area contributed by atoms with Gasteiger partial charge in [-0.25, -0.2) is 4.68 Å². The van der Waals surface area contributed by atoms with Crippen molar-refractivity contribution in [3.63, 3.8) is 0 Å². The van der Waals surface area contributed by atoms with E-state index in [2.05, 4.69) is 5.10 Å². The number of aromatic nitrogens is 2. The van der Waals surface area contributed by atoms with Crippen LogP contribution in [-0.2, 0) is 0 Å². The topological polar surface area (TPSA) is 34.9 Å². The minimum atomic E-state index is 0.593. The van der Waals surface area contributed by atoms with Crippen molar-refractivity contribution >= 4 is 17.9 Å². The van der Waals surface area contributed by atoms with E-state index in [4.69, 9.17) is 11.6 Å². The summed E-state index contributed by atoms with van der Waals surface area (Å²) in [5.74, 6) is 0. The van der Waals surface area contributed by atoms with Gasteiger partial charge in [-0.3, -0.25) is 4.79 Å². The molecule has 0 spiro atoms. The molecule has 2 aromatic rings. The first-order chi connectivity index (χ1) is 7.22. The maximum Gasteiger partial charge on any atom is 0.152 e. The third kappa shape index (κ3) is 1.78. The molecule has 0 saturated heterocycles. The van der Waals surface area contributed by atoms with Crippen molar-refractivity contribution in [2.24, 2.45) is 0 Å². The van der Waals surface area contributed by atoms with Crippen LogP contribution in [0.4, 0.5) is 0 Å². The van der Waals surface area contributed by atoms with E-state index in [1.54, 1.807) is 16.9 Å². The maximum absolute atomic E-state index is 10.8. The first-order valence-corrected chi connectivity index (χ1v) is 4.86. The molecule has 15 heavy (non-hydrogen) atoms. The Morgan fingerprint density at radius 1 is 1.40 bits per heavy atom. The summed E-state index contributed by atoms with van der Waals surface area (Å²) in [5.41, 5.74) is 2.08. The number of para-hydroxylation sites is 1. The average molecular weight is 221 g/mol. The van der Waals surface area contributed by atoms with Gasteiger partial charge in [-0.05, 0) is 19.1 Å². The van der Waals surface area contributed by atoms with Crippen molar-refractivity contribution in [2.75, 3.05) is 0 Å². The fourth-order valence-corrected chi connectivity index (χ4v) is 1.49. The van der Waals surface area contributed by atoms with Crippen molar-refractivity contribution in [3.05, 3.63) is 46.7 Å². The van der Waals surface area contributed by atoms with Crippen LogP contribution in [0.1, 0.15) is 16.1 Å². The molecule has 0 radical (unpaired) electrons. The molecular weight excluding hydrogens is 212 g/mol. The van der Waals surface area contributed by atoms with Gasteiger partial charge in [-0.15, -0.1) is 0 Å². The number of aldehydes is 1. The summed E-state index contributed by atoms with van der Waals surface area (Å²) in [6.07, 6.45) is 2.50. The van der Waals surface area contributed by atoms with E-state index in [-0.39, 0.29) is 0 Å². The summed E-state index contributed by atoms with van der Waals surface area (Å²) in [5, 5.41) is 4.81. The largest absolute Gasteiger partial charge is 0.298 e. The van der Waals surface area contributed by atoms with Crippen LogP contribution in [0.5, 0.6) is 0 Å². The fraction of sp³-hybridized carbons (Fsp3) is 0.0909. The number of benzene rings is 1. The van der Waals surface area contributed by atoms with E-state index >= 15 is 0 Å². The first kappa shape index (κ1) is 9.93. The van der Waals surface area contributed by atoms with E-state index in [0.29, 0.717) is 10.6 Å². The van der Waals surface area contributed by atoms with Crippen molar-refractivity contribution in [1.29, 1.82) is 0 Å². The second-order valence-corrected chi connectivity index (χ2v) is 3.59. The summed E-state index contributed by atoms with van der Waals surface area (Å²) in [6, 6.07) is 7.23. The minimum absolute atomic E-state index is 0.593. The second kappa shape index (κ2) is 3.87. The van der Waals surface area contributed by atoms with Gasteiger partial charge in [0.15, 0.2) is 6.29 Å². The number of nitrogens with zero attached hydrogens (tertiary/aromatic N) is 2. The fourth-order valence-electron chi connectivity index (χ4n) is 1.36. The summed E-state index contributed by atoms with van der Waals surface area (Å²) >= 11 is 5.90. The molecule has 0 saturated carbocycles. The Bertz CT molecular complexity index is 486. The third-order valence-corrected chi connectivity index (χ3v) is 2.52. The predicted octanol–water partition coefficient (Wildman–Crippen LogP) is 2.65. The molecule has 0 N–H and O–H groups in total. The van der Waals surface area contributed by atoms with Gasteiger partial charge in [0.1, 0.15) is 0 Å². The molecule has 1 aromatic heterocycles. The molecule has 2 rings (SSSR count). The zero-order valence-electron chi connectivity index (χ0n) is 8.14. The Kier molecular flexibility index (Phi) is 2.56. The Hall–Kier alpha value is -1.61. The lowest BCUT2D eigenvalue weighted by atomic mass is 10.2. The van der Waals surface area contributed by atoms with E-state index in [0.717, 1.165) is 17.7 Å². The van der Waals surface area contributed by atoms with Gasteiger partial charge in [0.05, 0.1) is 16.4 Å². The van der Waals surface area contributed by atoms with Gasteiger partial charge in [0.25, 0.3) is 0 Å². The highest BCUT2D eigenvalue weighted by atomic mass is 35.5. The Labute approximate surface area is 92.3 Å². The van der Waals surface area contributed by atoms with Gasteiger partial charge in [0, 0.05) is 11.8 Å². The van der Waals surface area contributed by atoms with Crippen LogP contribution in [0, 0.1) is 6.92 Å². The number of carbonyl (C=O) groups is 1. The highest BCUT2D eigenvalue weighted by Crippen LogP contribution is 2.18. The van der Waals surface area contributed by atoms with E-state index in [1.165, 1.54) is 0 Å². The molecule has 0 aliphatic heterocycles. The molecule has 76 valence electrons. The van der Waals surface area contributed by atoms with Gasteiger partial charge in [-0.2, -0.15) is 5.10 Å². The Morgan fingerprint density at radius 3 is 2.73 bits per heavy atom. The van der Waals surface area contributed by atoms with Crippen LogP contribution in [0.3, 0.4) is 0 Å². The average Bonchev–Trinajstić information content (AvgIpc) is 2.59. The molecule has 1 heterocycles. The van der Waals surface area contributed by atoms with Crippen molar-refractivity contribution in [2.45, 2.75) is 6.92 Å². The van der Waals surface area contributed by atoms with E-state index < -0.39 is 0 Å². The molecule has 3 nitrogen and oxygen atoms in total. The van der Waals surface area contributed by atoms with Crippen LogP contribution in [-0.4, -0.2) is 16.1 Å². The van der Waals surface area contributed by atoms with Gasteiger partial charge in [-0.1, -0.05) is 23.7 Å². The van der Waals surface area contributed by atoms with Crippen LogP contribution < -0.4 is 0 Å². The van der Waals surface area contributed by atoms with E-state index in [1.807, 2.05) is 25.1 Å². The van der Waals surface area contributed by atoms with Crippen LogP contribution in [0.15, 0.2) is 30.5 Å². The third-order valence-electron chi connectivity index (χ3n) is 2.15. The maximum atomic E-state index is 10.8. The molecular formula is C11H9ClN2O. The van der Waals surface area contributed by atoms with Gasteiger partial charge < -0.3 is 0 Å². The number of halogens is 1. The molecule has 4 heteroatoms. The number of rotatable bonds is 2. The summed E-state index contributed by atoms with van der Waals surface area (Å²) in [7, 11) is 0. The Morgan fingerprint density at radius 2 is 2.13 bits per heavy atom. The van der Waals surface area contributed by atoms with Crippen LogP contribution >= 0.6 is 11.6 Å². The standard InChI is InChI=1S/C11H9ClN2O/c1-8-10(12)6-14(13-8)11-5-3-2-4-9(11)7-15/h2-7H,1H3. The summed E-state index contributed by atoms with van der Waals surface area (Å²) < 4.78 is 1.61. The smallest absolute Gasteiger partial charge is 0.152 e. The van der Waals surface area contributed by atoms with Crippen molar-refractivity contribution in [1.82, 2.24) is 9.78 Å². The van der Waals surface area contributed by atoms with Crippen molar-refractivity contribution < 1.29 is 4.79 Å². The van der Waals surface area contributed by atoms with Gasteiger partial charge >= 0.3 is 0 Å².